The average Bonchev–Trinajstić information content (AvgIpc) is 2.42. The van der Waals surface area contributed by atoms with Crippen LogP contribution in [0.1, 0.15) is 24.9 Å². The molecule has 1 heterocycles. The topological polar surface area (TPSA) is 24.1 Å². The number of anilines is 2. The maximum Gasteiger partial charge on any atom is 0.123 e. The van der Waals surface area contributed by atoms with Crippen LogP contribution in [0.25, 0.3) is 0 Å². The maximum absolute atomic E-state index is 13.5. The lowest BCUT2D eigenvalue weighted by Crippen LogP contribution is -2.29. The molecule has 4 heteroatoms. The summed E-state index contributed by atoms with van der Waals surface area (Å²) in [6.45, 7) is 2.09. The summed E-state index contributed by atoms with van der Waals surface area (Å²) in [4.78, 5) is 0. The normalized spacial score (nSPS) is 20.9. The highest BCUT2D eigenvalue weighted by molar-refractivity contribution is 5.58. The summed E-state index contributed by atoms with van der Waals surface area (Å²) in [6.07, 6.45) is 0.841. The van der Waals surface area contributed by atoms with Gasteiger partial charge in [-0.1, -0.05) is 0 Å². The van der Waals surface area contributed by atoms with Crippen LogP contribution in [0.15, 0.2) is 42.5 Å². The van der Waals surface area contributed by atoms with Crippen molar-refractivity contribution in [2.24, 2.45) is 0 Å². The molecule has 0 amide bonds. The van der Waals surface area contributed by atoms with Crippen LogP contribution >= 0.6 is 0 Å². The summed E-state index contributed by atoms with van der Waals surface area (Å²) in [6, 6.07) is 11.3. The van der Waals surface area contributed by atoms with Crippen molar-refractivity contribution < 1.29 is 8.78 Å². The zero-order valence-corrected chi connectivity index (χ0v) is 11.2. The average molecular weight is 274 g/mol. The molecule has 0 saturated heterocycles. The second-order valence-electron chi connectivity index (χ2n) is 5.22. The number of fused-ring (bicyclic) bond motifs is 1. The van der Waals surface area contributed by atoms with Gasteiger partial charge < -0.3 is 10.6 Å². The lowest BCUT2D eigenvalue weighted by atomic mass is 9.93. The molecule has 0 fully saturated rings. The van der Waals surface area contributed by atoms with Crippen LogP contribution in [0.2, 0.25) is 0 Å². The molecule has 2 N–H and O–H groups in total. The Bertz CT molecular complexity index is 610. The van der Waals surface area contributed by atoms with Crippen molar-refractivity contribution in [3.63, 3.8) is 0 Å². The van der Waals surface area contributed by atoms with E-state index in [4.69, 9.17) is 0 Å². The molecule has 0 radical (unpaired) electrons. The fourth-order valence-electron chi connectivity index (χ4n) is 2.64. The minimum Gasteiger partial charge on any atom is -0.382 e. The zero-order chi connectivity index (χ0) is 14.1. The molecule has 0 unspecified atom stereocenters. The van der Waals surface area contributed by atoms with E-state index >= 15 is 0 Å². The second-order valence-corrected chi connectivity index (χ2v) is 5.22. The van der Waals surface area contributed by atoms with Gasteiger partial charge in [0.25, 0.3) is 0 Å². The third-order valence-corrected chi connectivity index (χ3v) is 3.57. The molecule has 0 aliphatic carbocycles. The molecule has 2 nitrogen and oxygen atoms in total. The fourth-order valence-corrected chi connectivity index (χ4v) is 2.64. The van der Waals surface area contributed by atoms with Crippen LogP contribution in [-0.2, 0) is 0 Å². The molecule has 0 spiro atoms. The minimum absolute atomic E-state index is 0.0161. The molecule has 3 rings (SSSR count). The largest absolute Gasteiger partial charge is 0.382 e. The van der Waals surface area contributed by atoms with Crippen LogP contribution in [0.3, 0.4) is 0 Å². The Morgan fingerprint density at radius 3 is 2.50 bits per heavy atom. The fraction of sp³-hybridized carbons (Fsp3) is 0.250. The Kier molecular flexibility index (Phi) is 3.30. The summed E-state index contributed by atoms with van der Waals surface area (Å²) in [5.74, 6) is -0.508. The highest BCUT2D eigenvalue weighted by Crippen LogP contribution is 2.35. The number of hydrogen-bond donors (Lipinski definition) is 2. The standard InChI is InChI=1S/C16H16F2N2/c1-10-8-16(20-13-5-2-11(17)3-6-13)14-9-12(18)4-7-15(14)19-10/h2-7,9-10,16,19-20H,8H2,1H3/t10-,16-/m0/s1. The summed E-state index contributed by atoms with van der Waals surface area (Å²) in [5, 5.41) is 6.69. The predicted molar refractivity (Wildman–Crippen MR) is 76.9 cm³/mol. The molecule has 2 aromatic carbocycles. The molecule has 20 heavy (non-hydrogen) atoms. The Morgan fingerprint density at radius 1 is 1.05 bits per heavy atom. The van der Waals surface area contributed by atoms with Crippen molar-refractivity contribution in [1.29, 1.82) is 0 Å². The van der Waals surface area contributed by atoms with Gasteiger partial charge in [-0.3, -0.25) is 0 Å². The molecule has 0 aromatic heterocycles. The molecule has 0 saturated carbocycles. The van der Waals surface area contributed by atoms with Gasteiger partial charge in [0.05, 0.1) is 6.04 Å². The maximum atomic E-state index is 13.5. The zero-order valence-electron chi connectivity index (χ0n) is 11.2. The van der Waals surface area contributed by atoms with Crippen molar-refractivity contribution in [2.75, 3.05) is 10.6 Å². The third kappa shape index (κ3) is 2.59. The summed E-state index contributed by atoms with van der Waals surface area (Å²) in [7, 11) is 0. The van der Waals surface area contributed by atoms with Crippen LogP contribution < -0.4 is 10.6 Å². The first kappa shape index (κ1) is 12.9. The number of nitrogens with one attached hydrogen (secondary N) is 2. The van der Waals surface area contributed by atoms with Crippen LogP contribution in [0.4, 0.5) is 20.2 Å². The van der Waals surface area contributed by atoms with Crippen LogP contribution in [0, 0.1) is 11.6 Å². The molecule has 2 aromatic rings. The van der Waals surface area contributed by atoms with Crippen LogP contribution in [0.5, 0.6) is 0 Å². The molecule has 1 aliphatic heterocycles. The Morgan fingerprint density at radius 2 is 1.75 bits per heavy atom. The van der Waals surface area contributed by atoms with E-state index in [1.54, 1.807) is 24.3 Å². The minimum atomic E-state index is -0.263. The Hall–Kier alpha value is -2.10. The van der Waals surface area contributed by atoms with E-state index in [2.05, 4.69) is 17.6 Å². The molecular formula is C16H16F2N2. The van der Waals surface area contributed by atoms with Gasteiger partial charge in [0.15, 0.2) is 0 Å². The van der Waals surface area contributed by atoms with Gasteiger partial charge in [-0.05, 0) is 55.8 Å². The number of hydrogen-bond acceptors (Lipinski definition) is 2. The van der Waals surface area contributed by atoms with Crippen molar-refractivity contribution in [3.8, 4) is 0 Å². The van der Waals surface area contributed by atoms with E-state index < -0.39 is 0 Å². The smallest absolute Gasteiger partial charge is 0.123 e. The first-order chi connectivity index (χ1) is 9.61. The Balaban J connectivity index is 1.90. The lowest BCUT2D eigenvalue weighted by Gasteiger charge is -2.32. The van der Waals surface area contributed by atoms with E-state index in [1.165, 1.54) is 18.2 Å². The summed E-state index contributed by atoms with van der Waals surface area (Å²) in [5.41, 5.74) is 2.69. The highest BCUT2D eigenvalue weighted by Gasteiger charge is 2.24. The quantitative estimate of drug-likeness (QED) is 0.852. The van der Waals surface area contributed by atoms with Crippen molar-refractivity contribution in [1.82, 2.24) is 0 Å². The van der Waals surface area contributed by atoms with Gasteiger partial charge in [0.2, 0.25) is 0 Å². The van der Waals surface area contributed by atoms with Gasteiger partial charge in [-0.25, -0.2) is 8.78 Å². The number of rotatable bonds is 2. The van der Waals surface area contributed by atoms with Gasteiger partial charge >= 0.3 is 0 Å². The van der Waals surface area contributed by atoms with E-state index in [-0.39, 0.29) is 17.7 Å². The van der Waals surface area contributed by atoms with E-state index in [1.807, 2.05) is 0 Å². The SMILES string of the molecule is C[C@H]1C[C@H](Nc2ccc(F)cc2)c2cc(F)ccc2N1. The molecule has 104 valence electrons. The Labute approximate surface area is 116 Å². The van der Waals surface area contributed by atoms with E-state index in [0.29, 0.717) is 6.04 Å². The lowest BCUT2D eigenvalue weighted by molar-refractivity contribution is 0.583. The molecule has 1 aliphatic rings. The highest BCUT2D eigenvalue weighted by atomic mass is 19.1. The first-order valence-corrected chi connectivity index (χ1v) is 6.70. The first-order valence-electron chi connectivity index (χ1n) is 6.70. The van der Waals surface area contributed by atoms with Crippen molar-refractivity contribution in [2.45, 2.75) is 25.4 Å². The van der Waals surface area contributed by atoms with Crippen molar-refractivity contribution in [3.05, 3.63) is 59.7 Å². The molecular weight excluding hydrogens is 258 g/mol. The van der Waals surface area contributed by atoms with Gasteiger partial charge in [-0.15, -0.1) is 0 Å². The van der Waals surface area contributed by atoms with Gasteiger partial charge in [0.1, 0.15) is 11.6 Å². The monoisotopic (exact) mass is 274 g/mol. The van der Waals surface area contributed by atoms with Gasteiger partial charge in [-0.2, -0.15) is 0 Å². The summed E-state index contributed by atoms with van der Waals surface area (Å²) < 4.78 is 26.4. The van der Waals surface area contributed by atoms with Crippen molar-refractivity contribution >= 4 is 11.4 Å². The molecule has 0 bridgehead atoms. The predicted octanol–water partition coefficient (Wildman–Crippen LogP) is 4.32. The van der Waals surface area contributed by atoms with Crippen LogP contribution in [-0.4, -0.2) is 6.04 Å². The molecule has 2 atom stereocenters. The summed E-state index contributed by atoms with van der Waals surface area (Å²) >= 11 is 0. The van der Waals surface area contributed by atoms with E-state index in [9.17, 15) is 8.78 Å². The third-order valence-electron chi connectivity index (χ3n) is 3.57. The second kappa shape index (κ2) is 5.12. The van der Waals surface area contributed by atoms with Gasteiger partial charge in [0, 0.05) is 23.0 Å². The number of halogens is 2. The van der Waals surface area contributed by atoms with E-state index in [0.717, 1.165) is 23.4 Å². The number of benzene rings is 2.